The average molecular weight is 248 g/mol. The zero-order valence-corrected chi connectivity index (χ0v) is 11.0. The van der Waals surface area contributed by atoms with Gasteiger partial charge < -0.3 is 5.32 Å². The van der Waals surface area contributed by atoms with Crippen molar-refractivity contribution in [3.05, 3.63) is 47.8 Å². The van der Waals surface area contributed by atoms with Gasteiger partial charge in [0.2, 0.25) is 0 Å². The first-order chi connectivity index (χ1) is 8.65. The second-order valence-electron chi connectivity index (χ2n) is 5.17. The van der Waals surface area contributed by atoms with Gasteiger partial charge in [-0.2, -0.15) is 0 Å². The van der Waals surface area contributed by atoms with Gasteiger partial charge in [0, 0.05) is 31.2 Å². The van der Waals surface area contributed by atoms with Crippen LogP contribution in [0.2, 0.25) is 0 Å². The van der Waals surface area contributed by atoms with Crippen molar-refractivity contribution in [2.24, 2.45) is 0 Å². The lowest BCUT2D eigenvalue weighted by Gasteiger charge is -2.18. The highest BCUT2D eigenvalue weighted by Crippen LogP contribution is 2.18. The zero-order chi connectivity index (χ0) is 13.0. The lowest BCUT2D eigenvalue weighted by molar-refractivity contribution is 0.345. The molecule has 3 heteroatoms. The topological polar surface area (TPSA) is 15.3 Å². The first kappa shape index (κ1) is 13.2. The van der Waals surface area contributed by atoms with Crippen LogP contribution in [0.4, 0.5) is 4.39 Å². The summed E-state index contributed by atoms with van der Waals surface area (Å²) in [6.07, 6.45) is 2.58. The molecular formula is C15H21FN2. The lowest BCUT2D eigenvalue weighted by atomic mass is 10.2. The summed E-state index contributed by atoms with van der Waals surface area (Å²) in [7, 11) is 1.99. The number of halogens is 1. The minimum absolute atomic E-state index is 0.133. The fourth-order valence-corrected chi connectivity index (χ4v) is 1.99. The van der Waals surface area contributed by atoms with Crippen molar-refractivity contribution in [1.82, 2.24) is 10.2 Å². The molecule has 0 aliphatic heterocycles. The first-order valence-electron chi connectivity index (χ1n) is 6.47. The molecule has 1 aromatic rings. The number of likely N-dealkylation sites (N-methyl/N-ethyl adjacent to an activating group) is 1. The normalized spacial score (nSPS) is 15.1. The highest BCUT2D eigenvalue weighted by atomic mass is 19.1. The van der Waals surface area contributed by atoms with Crippen LogP contribution >= 0.6 is 0 Å². The maximum absolute atomic E-state index is 13.5. The Bertz CT molecular complexity index is 413. The van der Waals surface area contributed by atoms with Crippen molar-refractivity contribution in [3.8, 4) is 0 Å². The largest absolute Gasteiger partial charge is 0.310 e. The van der Waals surface area contributed by atoms with E-state index in [1.807, 2.05) is 19.2 Å². The van der Waals surface area contributed by atoms with Gasteiger partial charge in [0.05, 0.1) is 0 Å². The minimum atomic E-state index is -0.133. The first-order valence-corrected chi connectivity index (χ1v) is 6.47. The van der Waals surface area contributed by atoms with Crippen LogP contribution in [-0.2, 0) is 6.54 Å². The molecule has 0 saturated heterocycles. The van der Waals surface area contributed by atoms with Gasteiger partial charge in [-0.05, 0) is 31.5 Å². The summed E-state index contributed by atoms with van der Waals surface area (Å²) >= 11 is 0. The molecule has 1 saturated carbocycles. The van der Waals surface area contributed by atoms with Crippen molar-refractivity contribution in [2.45, 2.75) is 25.4 Å². The molecule has 0 aromatic heterocycles. The number of nitrogens with zero attached hydrogens (tertiary/aromatic N) is 1. The maximum Gasteiger partial charge on any atom is 0.127 e. The van der Waals surface area contributed by atoms with Crippen molar-refractivity contribution in [2.75, 3.05) is 20.1 Å². The van der Waals surface area contributed by atoms with Gasteiger partial charge in [0.15, 0.2) is 0 Å². The third-order valence-electron chi connectivity index (χ3n) is 3.11. The molecule has 0 spiro atoms. The monoisotopic (exact) mass is 248 g/mol. The van der Waals surface area contributed by atoms with Gasteiger partial charge >= 0.3 is 0 Å². The van der Waals surface area contributed by atoms with Gasteiger partial charge in [-0.1, -0.05) is 24.8 Å². The number of rotatable bonds is 7. The summed E-state index contributed by atoms with van der Waals surface area (Å²) in [6.45, 7) is 6.35. The van der Waals surface area contributed by atoms with Crippen LogP contribution in [0.5, 0.6) is 0 Å². The molecule has 1 aliphatic rings. The van der Waals surface area contributed by atoms with Crippen molar-refractivity contribution >= 4 is 0 Å². The fraction of sp³-hybridized carbons (Fsp3) is 0.467. The molecule has 1 aliphatic carbocycles. The number of hydrogen-bond donors (Lipinski definition) is 1. The Hall–Kier alpha value is -1.19. The predicted molar refractivity (Wildman–Crippen MR) is 72.9 cm³/mol. The predicted octanol–water partition coefficient (Wildman–Crippen LogP) is 2.57. The Morgan fingerprint density at radius 3 is 2.83 bits per heavy atom. The number of hydrogen-bond acceptors (Lipinski definition) is 2. The average Bonchev–Trinajstić information content (AvgIpc) is 3.13. The van der Waals surface area contributed by atoms with Crippen LogP contribution in [0.1, 0.15) is 18.4 Å². The quantitative estimate of drug-likeness (QED) is 0.746. The van der Waals surface area contributed by atoms with Crippen LogP contribution in [-0.4, -0.2) is 31.1 Å². The van der Waals surface area contributed by atoms with Gasteiger partial charge in [-0.25, -0.2) is 4.39 Å². The lowest BCUT2D eigenvalue weighted by Crippen LogP contribution is -2.27. The molecule has 2 nitrogen and oxygen atoms in total. The Morgan fingerprint density at radius 2 is 2.17 bits per heavy atom. The molecule has 1 aromatic carbocycles. The van der Waals surface area contributed by atoms with E-state index in [4.69, 9.17) is 0 Å². The molecule has 0 unspecified atom stereocenters. The summed E-state index contributed by atoms with van der Waals surface area (Å²) in [5.74, 6) is -0.133. The van der Waals surface area contributed by atoms with Gasteiger partial charge in [-0.15, -0.1) is 0 Å². The van der Waals surface area contributed by atoms with E-state index in [1.165, 1.54) is 18.9 Å². The summed E-state index contributed by atoms with van der Waals surface area (Å²) in [4.78, 5) is 2.09. The van der Waals surface area contributed by atoms with E-state index >= 15 is 0 Å². The van der Waals surface area contributed by atoms with Gasteiger partial charge in [0.1, 0.15) is 5.82 Å². The highest BCUT2D eigenvalue weighted by Gasteiger charge is 2.20. The zero-order valence-electron chi connectivity index (χ0n) is 11.0. The molecule has 0 atom stereocenters. The van der Waals surface area contributed by atoms with E-state index in [1.54, 1.807) is 6.07 Å². The van der Waals surface area contributed by atoms with Crippen molar-refractivity contribution in [3.63, 3.8) is 0 Å². The summed E-state index contributed by atoms with van der Waals surface area (Å²) in [5, 5.41) is 3.44. The van der Waals surface area contributed by atoms with Crippen LogP contribution in [0, 0.1) is 5.82 Å². The second kappa shape index (κ2) is 6.12. The third kappa shape index (κ3) is 4.24. The summed E-state index contributed by atoms with van der Waals surface area (Å²) in [6, 6.07) is 7.63. The summed E-state index contributed by atoms with van der Waals surface area (Å²) < 4.78 is 13.5. The SMILES string of the molecule is C=C(CNC1CC1)CN(C)Cc1ccccc1F. The second-order valence-corrected chi connectivity index (χ2v) is 5.17. The molecule has 2 rings (SSSR count). The smallest absolute Gasteiger partial charge is 0.127 e. The minimum Gasteiger partial charge on any atom is -0.310 e. The molecule has 1 N–H and O–H groups in total. The Kier molecular flexibility index (Phi) is 4.50. The van der Waals surface area contributed by atoms with E-state index in [9.17, 15) is 4.39 Å². The Morgan fingerprint density at radius 1 is 1.44 bits per heavy atom. The van der Waals surface area contributed by atoms with Gasteiger partial charge in [0.25, 0.3) is 0 Å². The van der Waals surface area contributed by atoms with Crippen LogP contribution in [0.3, 0.4) is 0 Å². The molecule has 18 heavy (non-hydrogen) atoms. The maximum atomic E-state index is 13.5. The van der Waals surface area contributed by atoms with E-state index < -0.39 is 0 Å². The highest BCUT2D eigenvalue weighted by molar-refractivity contribution is 5.17. The molecule has 0 bridgehead atoms. The van der Waals surface area contributed by atoms with Gasteiger partial charge in [-0.3, -0.25) is 4.90 Å². The van der Waals surface area contributed by atoms with Crippen molar-refractivity contribution in [1.29, 1.82) is 0 Å². The van der Waals surface area contributed by atoms with Crippen LogP contribution in [0.15, 0.2) is 36.4 Å². The van der Waals surface area contributed by atoms with E-state index in [-0.39, 0.29) is 5.82 Å². The Labute approximate surface area is 108 Å². The fourth-order valence-electron chi connectivity index (χ4n) is 1.99. The van der Waals surface area contributed by atoms with E-state index in [0.717, 1.165) is 24.2 Å². The summed E-state index contributed by atoms with van der Waals surface area (Å²) in [5.41, 5.74) is 1.89. The number of nitrogens with one attached hydrogen (secondary N) is 1. The molecule has 1 fully saturated rings. The Balaban J connectivity index is 1.75. The molecule has 0 radical (unpaired) electrons. The molecular weight excluding hydrogens is 227 g/mol. The third-order valence-corrected chi connectivity index (χ3v) is 3.11. The van der Waals surface area contributed by atoms with E-state index in [2.05, 4.69) is 16.8 Å². The number of benzene rings is 1. The standard InChI is InChI=1S/C15H21FN2/c1-12(9-17-14-7-8-14)10-18(2)11-13-5-3-4-6-15(13)16/h3-6,14,17H,1,7-11H2,2H3. The van der Waals surface area contributed by atoms with Crippen LogP contribution < -0.4 is 5.32 Å². The molecule has 0 amide bonds. The van der Waals surface area contributed by atoms with Crippen LogP contribution in [0.25, 0.3) is 0 Å². The molecule has 0 heterocycles. The van der Waals surface area contributed by atoms with Crippen molar-refractivity contribution < 1.29 is 4.39 Å². The molecule has 98 valence electrons. The van der Waals surface area contributed by atoms with E-state index in [0.29, 0.717) is 12.6 Å².